The van der Waals surface area contributed by atoms with Gasteiger partial charge in [-0.1, -0.05) is 6.92 Å². The van der Waals surface area contributed by atoms with Crippen molar-refractivity contribution in [1.82, 2.24) is 15.5 Å². The average molecular weight is 216 g/mol. The van der Waals surface area contributed by atoms with Gasteiger partial charge in [0.15, 0.2) is 0 Å². The molecule has 1 aromatic rings. The fourth-order valence-corrected chi connectivity index (χ4v) is 1.13. The fourth-order valence-electron chi connectivity index (χ4n) is 1.02. The summed E-state index contributed by atoms with van der Waals surface area (Å²) in [5.41, 5.74) is 0.549. The number of hydrogen-bond acceptors (Lipinski definition) is 2. The van der Waals surface area contributed by atoms with E-state index in [1.807, 2.05) is 6.92 Å². The Balaban J connectivity index is 2.23. The van der Waals surface area contributed by atoms with E-state index in [1.165, 1.54) is 6.20 Å². The number of aromatic nitrogens is 2. The van der Waals surface area contributed by atoms with E-state index < -0.39 is 0 Å². The van der Waals surface area contributed by atoms with E-state index >= 15 is 0 Å². The normalized spacial score (nSPS) is 12.4. The minimum Gasteiger partial charge on any atom is -0.352 e. The highest BCUT2D eigenvalue weighted by Gasteiger charge is 2.06. The van der Waals surface area contributed by atoms with Crippen LogP contribution >= 0.6 is 11.6 Å². The summed E-state index contributed by atoms with van der Waals surface area (Å²) in [6.45, 7) is 2.63. The Morgan fingerprint density at radius 1 is 1.79 bits per heavy atom. The van der Waals surface area contributed by atoms with E-state index in [1.54, 1.807) is 6.20 Å². The van der Waals surface area contributed by atoms with E-state index in [0.717, 1.165) is 12.8 Å². The van der Waals surface area contributed by atoms with Crippen LogP contribution in [0.25, 0.3) is 0 Å². The zero-order valence-electron chi connectivity index (χ0n) is 8.09. The Morgan fingerprint density at radius 2 is 2.57 bits per heavy atom. The van der Waals surface area contributed by atoms with Crippen molar-refractivity contribution in [3.63, 3.8) is 0 Å². The number of hydrogen-bond donors (Lipinski definition) is 2. The molecular formula is C9H14ClN3O. The minimum absolute atomic E-state index is 0.112. The number of rotatable bonds is 5. The zero-order valence-corrected chi connectivity index (χ0v) is 8.84. The Morgan fingerprint density at radius 3 is 3.14 bits per heavy atom. The SMILES string of the molecule is CCC(Cl)CCNC(=O)c1cn[nH]c1. The molecule has 4 nitrogen and oxygen atoms in total. The van der Waals surface area contributed by atoms with Gasteiger partial charge in [-0.3, -0.25) is 9.89 Å². The molecule has 78 valence electrons. The van der Waals surface area contributed by atoms with Gasteiger partial charge in [-0.25, -0.2) is 0 Å². The number of halogens is 1. The van der Waals surface area contributed by atoms with Crippen LogP contribution in [0.2, 0.25) is 0 Å². The maximum Gasteiger partial charge on any atom is 0.254 e. The number of carbonyl (C=O) groups is 1. The second kappa shape index (κ2) is 5.65. The topological polar surface area (TPSA) is 57.8 Å². The lowest BCUT2D eigenvalue weighted by Crippen LogP contribution is -2.25. The molecule has 1 rings (SSSR count). The molecule has 1 unspecified atom stereocenters. The average Bonchev–Trinajstić information content (AvgIpc) is 2.70. The molecule has 0 aromatic carbocycles. The molecule has 0 spiro atoms. The second-order valence-corrected chi connectivity index (χ2v) is 3.65. The molecule has 0 saturated heterocycles. The van der Waals surface area contributed by atoms with Crippen molar-refractivity contribution in [2.24, 2.45) is 0 Å². The molecule has 2 N–H and O–H groups in total. The predicted octanol–water partition coefficient (Wildman–Crippen LogP) is 1.55. The molecule has 1 atom stereocenters. The molecule has 0 aliphatic rings. The van der Waals surface area contributed by atoms with Crippen LogP contribution < -0.4 is 5.32 Å². The summed E-state index contributed by atoms with van der Waals surface area (Å²) in [6.07, 6.45) is 4.77. The molecule has 0 aliphatic heterocycles. The summed E-state index contributed by atoms with van der Waals surface area (Å²) >= 11 is 5.90. The Bertz CT molecular complexity index is 274. The molecule has 0 aliphatic carbocycles. The van der Waals surface area contributed by atoms with E-state index in [0.29, 0.717) is 12.1 Å². The van der Waals surface area contributed by atoms with Crippen LogP contribution in [0.1, 0.15) is 30.1 Å². The van der Waals surface area contributed by atoms with Gasteiger partial charge in [-0.2, -0.15) is 5.10 Å². The van der Waals surface area contributed by atoms with Gasteiger partial charge in [0, 0.05) is 18.1 Å². The number of nitrogens with zero attached hydrogens (tertiary/aromatic N) is 1. The van der Waals surface area contributed by atoms with Gasteiger partial charge in [-0.05, 0) is 12.8 Å². The summed E-state index contributed by atoms with van der Waals surface area (Å²) in [6, 6.07) is 0. The number of nitrogens with one attached hydrogen (secondary N) is 2. The van der Waals surface area contributed by atoms with Crippen LogP contribution in [0, 0.1) is 0 Å². The summed E-state index contributed by atoms with van der Waals surface area (Å²) in [5.74, 6) is -0.112. The molecular weight excluding hydrogens is 202 g/mol. The first-order chi connectivity index (χ1) is 6.74. The van der Waals surface area contributed by atoms with Crippen LogP contribution in [0.4, 0.5) is 0 Å². The number of alkyl halides is 1. The molecule has 1 aromatic heterocycles. The van der Waals surface area contributed by atoms with Gasteiger partial charge < -0.3 is 5.32 Å². The van der Waals surface area contributed by atoms with E-state index in [9.17, 15) is 4.79 Å². The predicted molar refractivity (Wildman–Crippen MR) is 55.5 cm³/mol. The summed E-state index contributed by atoms with van der Waals surface area (Å²) < 4.78 is 0. The molecule has 1 amide bonds. The van der Waals surface area contributed by atoms with Crippen LogP contribution in [0.3, 0.4) is 0 Å². The van der Waals surface area contributed by atoms with Gasteiger partial charge in [-0.15, -0.1) is 11.6 Å². The number of aromatic amines is 1. The number of amides is 1. The van der Waals surface area contributed by atoms with E-state index in [-0.39, 0.29) is 11.3 Å². The number of carbonyl (C=O) groups excluding carboxylic acids is 1. The van der Waals surface area contributed by atoms with Gasteiger partial charge >= 0.3 is 0 Å². The van der Waals surface area contributed by atoms with Crippen LogP contribution in [0.5, 0.6) is 0 Å². The highest BCUT2D eigenvalue weighted by Crippen LogP contribution is 2.04. The lowest BCUT2D eigenvalue weighted by molar-refractivity contribution is 0.0953. The third-order valence-corrected chi connectivity index (χ3v) is 2.47. The van der Waals surface area contributed by atoms with Crippen molar-refractivity contribution in [2.45, 2.75) is 25.1 Å². The molecule has 0 bridgehead atoms. The lowest BCUT2D eigenvalue weighted by atomic mass is 10.2. The van der Waals surface area contributed by atoms with Crippen molar-refractivity contribution in [2.75, 3.05) is 6.54 Å². The smallest absolute Gasteiger partial charge is 0.254 e. The van der Waals surface area contributed by atoms with Crippen molar-refractivity contribution in [3.8, 4) is 0 Å². The highest BCUT2D eigenvalue weighted by molar-refractivity contribution is 6.20. The Hall–Kier alpha value is -1.03. The maximum atomic E-state index is 11.4. The van der Waals surface area contributed by atoms with E-state index in [2.05, 4.69) is 15.5 Å². The van der Waals surface area contributed by atoms with Crippen molar-refractivity contribution >= 4 is 17.5 Å². The van der Waals surface area contributed by atoms with Gasteiger partial charge in [0.2, 0.25) is 0 Å². The standard InChI is InChI=1S/C9H14ClN3O/c1-2-8(10)3-4-11-9(14)7-5-12-13-6-7/h5-6,8H,2-4H2,1H3,(H,11,14)(H,12,13). The fraction of sp³-hybridized carbons (Fsp3) is 0.556. The summed E-state index contributed by atoms with van der Waals surface area (Å²) in [5, 5.41) is 9.18. The van der Waals surface area contributed by atoms with Crippen LogP contribution in [-0.2, 0) is 0 Å². The van der Waals surface area contributed by atoms with Crippen LogP contribution in [-0.4, -0.2) is 28.0 Å². The Kier molecular flexibility index (Phi) is 4.46. The molecule has 0 saturated carbocycles. The summed E-state index contributed by atoms with van der Waals surface area (Å²) in [4.78, 5) is 11.4. The number of H-pyrrole nitrogens is 1. The lowest BCUT2D eigenvalue weighted by Gasteiger charge is -2.06. The summed E-state index contributed by atoms with van der Waals surface area (Å²) in [7, 11) is 0. The first kappa shape index (κ1) is 11.0. The molecule has 0 fully saturated rings. The quantitative estimate of drug-likeness (QED) is 0.733. The van der Waals surface area contributed by atoms with Gasteiger partial charge in [0.25, 0.3) is 5.91 Å². The zero-order chi connectivity index (χ0) is 10.4. The first-order valence-electron chi connectivity index (χ1n) is 4.65. The molecule has 14 heavy (non-hydrogen) atoms. The highest BCUT2D eigenvalue weighted by atomic mass is 35.5. The van der Waals surface area contributed by atoms with Crippen LogP contribution in [0.15, 0.2) is 12.4 Å². The second-order valence-electron chi connectivity index (χ2n) is 3.04. The van der Waals surface area contributed by atoms with Crippen molar-refractivity contribution in [3.05, 3.63) is 18.0 Å². The van der Waals surface area contributed by atoms with Gasteiger partial charge in [0.05, 0.1) is 11.8 Å². The molecule has 1 heterocycles. The van der Waals surface area contributed by atoms with Gasteiger partial charge in [0.1, 0.15) is 0 Å². The molecule has 5 heteroatoms. The third-order valence-electron chi connectivity index (χ3n) is 1.95. The van der Waals surface area contributed by atoms with Crippen molar-refractivity contribution < 1.29 is 4.79 Å². The monoisotopic (exact) mass is 215 g/mol. The molecule has 0 radical (unpaired) electrons. The third kappa shape index (κ3) is 3.38. The largest absolute Gasteiger partial charge is 0.352 e. The van der Waals surface area contributed by atoms with Crippen molar-refractivity contribution in [1.29, 1.82) is 0 Å². The Labute approximate surface area is 88.0 Å². The minimum atomic E-state index is -0.112. The maximum absolute atomic E-state index is 11.4. The van der Waals surface area contributed by atoms with E-state index in [4.69, 9.17) is 11.6 Å². The first-order valence-corrected chi connectivity index (χ1v) is 5.08.